The van der Waals surface area contributed by atoms with Gasteiger partial charge in [-0.25, -0.2) is 8.42 Å². The first-order valence-corrected chi connectivity index (χ1v) is 9.46. The average molecular weight is 389 g/mol. The lowest BCUT2D eigenvalue weighted by Crippen LogP contribution is -2.04. The maximum Gasteiger partial charge on any atom is 0.303 e. The number of aliphatic carboxylic acids is 1. The highest BCUT2D eigenvalue weighted by atomic mass is 79.9. The van der Waals surface area contributed by atoms with Crippen LogP contribution in [0, 0.1) is 0 Å². The molecule has 0 atom stereocenters. The minimum absolute atomic E-state index is 0.0360. The zero-order chi connectivity index (χ0) is 15.5. The molecule has 0 aliphatic carbocycles. The third-order valence-electron chi connectivity index (χ3n) is 2.92. The number of sulfone groups is 1. The van der Waals surface area contributed by atoms with E-state index < -0.39 is 15.8 Å². The number of hydrogen-bond donors (Lipinski definition) is 1. The standard InChI is InChI=1S/C14H13BrO4S2/c15-12-7-8-20-13(12)9-21(18,19)11-4-1-10(2-5-11)3-6-14(16)17/h1-2,4-5,7-8H,3,6,9H2,(H,16,17). The summed E-state index contributed by atoms with van der Waals surface area (Å²) in [5, 5.41) is 10.5. The molecule has 0 bridgehead atoms. The molecule has 0 spiro atoms. The molecule has 0 radical (unpaired) electrons. The highest BCUT2D eigenvalue weighted by molar-refractivity contribution is 9.10. The van der Waals surface area contributed by atoms with Gasteiger partial charge >= 0.3 is 5.97 Å². The minimum Gasteiger partial charge on any atom is -0.481 e. The number of carbonyl (C=O) groups is 1. The maximum absolute atomic E-state index is 12.3. The molecule has 1 heterocycles. The molecule has 7 heteroatoms. The van der Waals surface area contributed by atoms with Crippen molar-refractivity contribution < 1.29 is 18.3 Å². The summed E-state index contributed by atoms with van der Waals surface area (Å²) >= 11 is 4.72. The molecule has 0 aliphatic heterocycles. The highest BCUT2D eigenvalue weighted by Crippen LogP contribution is 2.27. The quantitative estimate of drug-likeness (QED) is 0.821. The Labute approximate surface area is 135 Å². The van der Waals surface area contributed by atoms with Gasteiger partial charge in [0.2, 0.25) is 0 Å². The Morgan fingerprint density at radius 2 is 1.86 bits per heavy atom. The highest BCUT2D eigenvalue weighted by Gasteiger charge is 2.17. The van der Waals surface area contributed by atoms with E-state index in [0.29, 0.717) is 6.42 Å². The third kappa shape index (κ3) is 4.39. The predicted molar refractivity (Wildman–Crippen MR) is 85.3 cm³/mol. The Balaban J connectivity index is 2.13. The summed E-state index contributed by atoms with van der Waals surface area (Å²) in [5.41, 5.74) is 0.814. The Morgan fingerprint density at radius 1 is 1.19 bits per heavy atom. The first-order chi connectivity index (χ1) is 9.88. The van der Waals surface area contributed by atoms with E-state index in [1.165, 1.54) is 23.5 Å². The molecule has 2 aromatic rings. The van der Waals surface area contributed by atoms with E-state index in [1.54, 1.807) is 12.1 Å². The van der Waals surface area contributed by atoms with Crippen LogP contribution in [0.2, 0.25) is 0 Å². The number of thiophene rings is 1. The van der Waals surface area contributed by atoms with Gasteiger partial charge in [-0.1, -0.05) is 12.1 Å². The van der Waals surface area contributed by atoms with Gasteiger partial charge in [0, 0.05) is 15.8 Å². The lowest BCUT2D eigenvalue weighted by molar-refractivity contribution is -0.136. The molecular formula is C14H13BrO4S2. The summed E-state index contributed by atoms with van der Waals surface area (Å²) in [6, 6.07) is 8.23. The van der Waals surface area contributed by atoms with Crippen molar-refractivity contribution in [1.29, 1.82) is 0 Å². The molecule has 2 rings (SSSR count). The van der Waals surface area contributed by atoms with Crippen LogP contribution in [-0.2, 0) is 26.8 Å². The summed E-state index contributed by atoms with van der Waals surface area (Å²) in [4.78, 5) is 11.5. The van der Waals surface area contributed by atoms with Crippen molar-refractivity contribution in [2.45, 2.75) is 23.5 Å². The fraction of sp³-hybridized carbons (Fsp3) is 0.214. The van der Waals surface area contributed by atoms with Gasteiger partial charge in [0.1, 0.15) is 0 Å². The van der Waals surface area contributed by atoms with E-state index in [9.17, 15) is 13.2 Å². The van der Waals surface area contributed by atoms with Crippen molar-refractivity contribution >= 4 is 43.1 Å². The average Bonchev–Trinajstić information content (AvgIpc) is 2.82. The number of rotatable bonds is 6. The number of aryl methyl sites for hydroxylation is 1. The Hall–Kier alpha value is -1.18. The number of halogens is 1. The Morgan fingerprint density at radius 3 is 2.38 bits per heavy atom. The van der Waals surface area contributed by atoms with Gasteiger partial charge < -0.3 is 5.11 Å². The summed E-state index contributed by atoms with van der Waals surface area (Å²) in [6.07, 6.45) is 0.431. The second-order valence-corrected chi connectivity index (χ2v) is 8.33. The number of benzene rings is 1. The van der Waals surface area contributed by atoms with E-state index in [2.05, 4.69) is 15.9 Å². The van der Waals surface area contributed by atoms with Crippen molar-refractivity contribution in [3.63, 3.8) is 0 Å². The SMILES string of the molecule is O=C(O)CCc1ccc(S(=O)(=O)Cc2sccc2Br)cc1. The molecule has 0 fully saturated rings. The Kier molecular flexibility index (Phi) is 5.18. The van der Waals surface area contributed by atoms with Crippen LogP contribution in [0.3, 0.4) is 0 Å². The van der Waals surface area contributed by atoms with E-state index in [-0.39, 0.29) is 17.1 Å². The summed E-state index contributed by atoms with van der Waals surface area (Å²) < 4.78 is 25.4. The molecule has 0 saturated carbocycles. The van der Waals surface area contributed by atoms with Crippen molar-refractivity contribution in [1.82, 2.24) is 0 Å². The molecule has 0 aliphatic rings. The van der Waals surface area contributed by atoms with Gasteiger partial charge in [-0.3, -0.25) is 4.79 Å². The first-order valence-electron chi connectivity index (χ1n) is 6.14. The van der Waals surface area contributed by atoms with E-state index in [1.807, 2.05) is 11.4 Å². The van der Waals surface area contributed by atoms with Crippen LogP contribution in [0.15, 0.2) is 45.1 Å². The maximum atomic E-state index is 12.3. The topological polar surface area (TPSA) is 71.4 Å². The van der Waals surface area contributed by atoms with Crippen LogP contribution in [0.1, 0.15) is 16.9 Å². The van der Waals surface area contributed by atoms with E-state index >= 15 is 0 Å². The molecule has 0 saturated heterocycles. The molecule has 0 amide bonds. The van der Waals surface area contributed by atoms with E-state index in [4.69, 9.17) is 5.11 Å². The molecule has 1 aromatic heterocycles. The fourth-order valence-corrected chi connectivity index (χ4v) is 5.22. The van der Waals surface area contributed by atoms with Crippen LogP contribution in [0.4, 0.5) is 0 Å². The molecule has 21 heavy (non-hydrogen) atoms. The van der Waals surface area contributed by atoms with Gasteiger partial charge in [0.05, 0.1) is 10.6 Å². The summed E-state index contributed by atoms with van der Waals surface area (Å²) in [7, 11) is -3.39. The second kappa shape index (κ2) is 6.72. The molecule has 1 aromatic carbocycles. The van der Waals surface area contributed by atoms with Crippen LogP contribution in [0.5, 0.6) is 0 Å². The second-order valence-electron chi connectivity index (χ2n) is 4.49. The van der Waals surface area contributed by atoms with E-state index in [0.717, 1.165) is 14.9 Å². The van der Waals surface area contributed by atoms with Crippen LogP contribution in [0.25, 0.3) is 0 Å². The van der Waals surface area contributed by atoms with Crippen molar-refractivity contribution in [3.05, 3.63) is 50.6 Å². The monoisotopic (exact) mass is 388 g/mol. The molecule has 0 unspecified atom stereocenters. The number of hydrogen-bond acceptors (Lipinski definition) is 4. The van der Waals surface area contributed by atoms with Gasteiger partial charge in [0.25, 0.3) is 0 Å². The zero-order valence-corrected chi connectivity index (χ0v) is 14.2. The molecule has 1 N–H and O–H groups in total. The van der Waals surface area contributed by atoms with Crippen molar-refractivity contribution in [2.75, 3.05) is 0 Å². The fourth-order valence-electron chi connectivity index (χ4n) is 1.80. The lowest BCUT2D eigenvalue weighted by atomic mass is 10.1. The predicted octanol–water partition coefficient (Wildman–Crippen LogP) is 3.50. The van der Waals surface area contributed by atoms with Gasteiger partial charge in [-0.15, -0.1) is 11.3 Å². The largest absolute Gasteiger partial charge is 0.481 e. The number of carboxylic acids is 1. The van der Waals surface area contributed by atoms with Crippen LogP contribution >= 0.6 is 27.3 Å². The van der Waals surface area contributed by atoms with Crippen molar-refractivity contribution in [3.8, 4) is 0 Å². The summed E-state index contributed by atoms with van der Waals surface area (Å²) in [6.45, 7) is 0. The van der Waals surface area contributed by atoms with Crippen LogP contribution < -0.4 is 0 Å². The third-order valence-corrected chi connectivity index (χ3v) is 6.69. The van der Waals surface area contributed by atoms with Crippen molar-refractivity contribution in [2.24, 2.45) is 0 Å². The molecule has 112 valence electrons. The van der Waals surface area contributed by atoms with Gasteiger partial charge in [0.15, 0.2) is 9.84 Å². The smallest absolute Gasteiger partial charge is 0.303 e. The van der Waals surface area contributed by atoms with Gasteiger partial charge in [-0.05, 0) is 51.5 Å². The lowest BCUT2D eigenvalue weighted by Gasteiger charge is -2.05. The van der Waals surface area contributed by atoms with Gasteiger partial charge in [-0.2, -0.15) is 0 Å². The molecule has 4 nitrogen and oxygen atoms in total. The Bertz CT molecular complexity index is 733. The van der Waals surface area contributed by atoms with Crippen LogP contribution in [-0.4, -0.2) is 19.5 Å². The minimum atomic E-state index is -3.39. The normalized spacial score (nSPS) is 11.5. The number of carboxylic acid groups (broad SMARTS) is 1. The summed E-state index contributed by atoms with van der Waals surface area (Å²) in [5.74, 6) is -0.908. The zero-order valence-electron chi connectivity index (χ0n) is 11.0. The first kappa shape index (κ1) is 16.2. The molecular weight excluding hydrogens is 376 g/mol.